The Morgan fingerprint density at radius 3 is 2.29 bits per heavy atom. The van der Waals surface area contributed by atoms with Crippen molar-refractivity contribution < 1.29 is 23.0 Å². The van der Waals surface area contributed by atoms with E-state index in [9.17, 15) is 13.6 Å². The summed E-state index contributed by atoms with van der Waals surface area (Å²) in [6, 6.07) is 1.93. The Labute approximate surface area is 97.3 Å². The van der Waals surface area contributed by atoms with Crippen molar-refractivity contribution in [3.05, 3.63) is 29.3 Å². The molecule has 0 saturated carbocycles. The van der Waals surface area contributed by atoms with Crippen LogP contribution in [0.4, 0.5) is 8.78 Å². The van der Waals surface area contributed by atoms with E-state index in [1.165, 1.54) is 7.11 Å². The fraction of sp³-hybridized carbons (Fsp3) is 0.364. The summed E-state index contributed by atoms with van der Waals surface area (Å²) in [5, 5.41) is 0. The number of primary amides is 1. The highest BCUT2D eigenvalue weighted by Crippen LogP contribution is 2.27. The molecule has 0 aliphatic carbocycles. The summed E-state index contributed by atoms with van der Waals surface area (Å²) in [4.78, 5) is 11.1. The first-order valence-corrected chi connectivity index (χ1v) is 4.95. The van der Waals surface area contributed by atoms with Gasteiger partial charge in [-0.3, -0.25) is 4.79 Å². The van der Waals surface area contributed by atoms with Crippen molar-refractivity contribution in [1.29, 1.82) is 0 Å². The first-order chi connectivity index (χ1) is 8.01. The molecule has 0 aromatic heterocycles. The van der Waals surface area contributed by atoms with Crippen LogP contribution in [0.2, 0.25) is 0 Å². The molecule has 1 rings (SSSR count). The molecule has 0 aliphatic heterocycles. The fourth-order valence-corrected chi connectivity index (χ4v) is 1.40. The first-order valence-electron chi connectivity index (χ1n) is 4.95. The van der Waals surface area contributed by atoms with Gasteiger partial charge in [0.2, 0.25) is 0 Å². The number of carbonyl (C=O) groups excluding carboxylic acids is 1. The minimum atomic E-state index is -1.44. The van der Waals surface area contributed by atoms with Gasteiger partial charge in [0, 0.05) is 18.7 Å². The molecule has 2 N–H and O–H groups in total. The van der Waals surface area contributed by atoms with Crippen molar-refractivity contribution in [3.63, 3.8) is 0 Å². The topological polar surface area (TPSA) is 61.5 Å². The van der Waals surface area contributed by atoms with Gasteiger partial charge in [0.05, 0.1) is 12.7 Å². The molecule has 1 unspecified atom stereocenters. The Bertz CT molecular complexity index is 400. The SMILES string of the molecule is CCOC(C(N)=O)c1c(F)cc(OC)cc1F. The Morgan fingerprint density at radius 1 is 1.41 bits per heavy atom. The molecular weight excluding hydrogens is 232 g/mol. The third-order valence-electron chi connectivity index (χ3n) is 2.14. The van der Waals surface area contributed by atoms with Crippen molar-refractivity contribution in [3.8, 4) is 5.75 Å². The molecule has 0 radical (unpaired) electrons. The minimum Gasteiger partial charge on any atom is -0.497 e. The number of halogens is 2. The number of amides is 1. The van der Waals surface area contributed by atoms with Crippen LogP contribution in [-0.4, -0.2) is 19.6 Å². The summed E-state index contributed by atoms with van der Waals surface area (Å²) in [5.74, 6) is -2.79. The molecule has 0 aliphatic rings. The molecule has 17 heavy (non-hydrogen) atoms. The number of carbonyl (C=O) groups is 1. The average molecular weight is 245 g/mol. The van der Waals surface area contributed by atoms with Gasteiger partial charge in [-0.2, -0.15) is 0 Å². The van der Waals surface area contributed by atoms with E-state index in [0.717, 1.165) is 12.1 Å². The largest absolute Gasteiger partial charge is 0.497 e. The molecule has 0 bridgehead atoms. The van der Waals surface area contributed by atoms with Gasteiger partial charge in [0.15, 0.2) is 6.10 Å². The molecule has 0 fully saturated rings. The number of ether oxygens (including phenoxy) is 2. The van der Waals surface area contributed by atoms with E-state index in [-0.39, 0.29) is 12.4 Å². The Morgan fingerprint density at radius 2 is 1.94 bits per heavy atom. The number of hydrogen-bond acceptors (Lipinski definition) is 3. The predicted molar refractivity (Wildman–Crippen MR) is 56.5 cm³/mol. The number of hydrogen-bond donors (Lipinski definition) is 1. The molecule has 1 aromatic rings. The van der Waals surface area contributed by atoms with Crippen molar-refractivity contribution in [2.24, 2.45) is 5.73 Å². The summed E-state index contributed by atoms with van der Waals surface area (Å²) < 4.78 is 36.9. The second-order valence-electron chi connectivity index (χ2n) is 3.24. The second-order valence-corrected chi connectivity index (χ2v) is 3.24. The van der Waals surface area contributed by atoms with Crippen molar-refractivity contribution in [1.82, 2.24) is 0 Å². The van der Waals surface area contributed by atoms with Crippen LogP contribution < -0.4 is 10.5 Å². The van der Waals surface area contributed by atoms with E-state index in [1.807, 2.05) is 0 Å². The smallest absolute Gasteiger partial charge is 0.251 e. The normalized spacial score (nSPS) is 12.2. The van der Waals surface area contributed by atoms with Crippen LogP contribution in [0.5, 0.6) is 5.75 Å². The number of methoxy groups -OCH3 is 1. The lowest BCUT2D eigenvalue weighted by Gasteiger charge is -2.16. The summed E-state index contributed by atoms with van der Waals surface area (Å²) in [7, 11) is 1.28. The van der Waals surface area contributed by atoms with Gasteiger partial charge in [-0.1, -0.05) is 0 Å². The first kappa shape index (κ1) is 13.4. The zero-order chi connectivity index (χ0) is 13.0. The molecule has 0 spiro atoms. The minimum absolute atomic E-state index is 0.0171. The third-order valence-corrected chi connectivity index (χ3v) is 2.14. The summed E-state index contributed by atoms with van der Waals surface area (Å²) in [6.07, 6.45) is -1.44. The monoisotopic (exact) mass is 245 g/mol. The maximum absolute atomic E-state index is 13.6. The van der Waals surface area contributed by atoms with E-state index < -0.39 is 29.2 Å². The van der Waals surface area contributed by atoms with Crippen LogP contribution in [0.15, 0.2) is 12.1 Å². The molecule has 0 heterocycles. The molecule has 1 aromatic carbocycles. The van der Waals surface area contributed by atoms with Gasteiger partial charge in [-0.05, 0) is 6.92 Å². The van der Waals surface area contributed by atoms with E-state index in [0.29, 0.717) is 0 Å². The highest BCUT2D eigenvalue weighted by atomic mass is 19.1. The molecule has 4 nitrogen and oxygen atoms in total. The van der Waals surface area contributed by atoms with Gasteiger partial charge >= 0.3 is 0 Å². The molecule has 1 atom stereocenters. The number of nitrogens with two attached hydrogens (primary N) is 1. The highest BCUT2D eigenvalue weighted by molar-refractivity contribution is 5.80. The lowest BCUT2D eigenvalue weighted by Crippen LogP contribution is -2.25. The van der Waals surface area contributed by atoms with E-state index >= 15 is 0 Å². The van der Waals surface area contributed by atoms with Crippen molar-refractivity contribution in [2.45, 2.75) is 13.0 Å². The molecule has 6 heteroatoms. The maximum atomic E-state index is 13.6. The summed E-state index contributed by atoms with van der Waals surface area (Å²) in [6.45, 7) is 1.70. The van der Waals surface area contributed by atoms with Crippen molar-refractivity contribution >= 4 is 5.91 Å². The zero-order valence-electron chi connectivity index (χ0n) is 9.50. The van der Waals surface area contributed by atoms with E-state index in [1.54, 1.807) is 6.92 Å². The number of benzene rings is 1. The van der Waals surface area contributed by atoms with Crippen LogP contribution in [0, 0.1) is 11.6 Å². The molecule has 0 saturated heterocycles. The van der Waals surface area contributed by atoms with Gasteiger partial charge < -0.3 is 15.2 Å². The molecule has 94 valence electrons. The molecular formula is C11H13F2NO3. The van der Waals surface area contributed by atoms with Crippen LogP contribution in [0.1, 0.15) is 18.6 Å². The quantitative estimate of drug-likeness (QED) is 0.855. The standard InChI is InChI=1S/C11H13F2NO3/c1-3-17-10(11(14)15)9-7(12)4-6(16-2)5-8(9)13/h4-5,10H,3H2,1-2H3,(H2,14,15). The summed E-state index contributed by atoms with van der Waals surface area (Å²) in [5.41, 5.74) is 4.53. The van der Waals surface area contributed by atoms with Gasteiger partial charge in [0.25, 0.3) is 5.91 Å². The highest BCUT2D eigenvalue weighted by Gasteiger charge is 2.26. The van der Waals surface area contributed by atoms with Crippen LogP contribution in [-0.2, 0) is 9.53 Å². The van der Waals surface area contributed by atoms with Crippen molar-refractivity contribution in [2.75, 3.05) is 13.7 Å². The predicted octanol–water partition coefficient (Wildman–Crippen LogP) is 1.54. The fourth-order valence-electron chi connectivity index (χ4n) is 1.40. The molecule has 1 amide bonds. The lowest BCUT2D eigenvalue weighted by atomic mass is 10.1. The number of rotatable bonds is 5. The Kier molecular flexibility index (Phi) is 4.39. The average Bonchev–Trinajstić information content (AvgIpc) is 2.26. The van der Waals surface area contributed by atoms with Gasteiger partial charge in [-0.15, -0.1) is 0 Å². The Balaban J connectivity index is 3.23. The Hall–Kier alpha value is -1.69. The van der Waals surface area contributed by atoms with E-state index in [2.05, 4.69) is 0 Å². The third kappa shape index (κ3) is 2.91. The van der Waals surface area contributed by atoms with Gasteiger partial charge in [-0.25, -0.2) is 8.78 Å². The zero-order valence-corrected chi connectivity index (χ0v) is 9.50. The van der Waals surface area contributed by atoms with Crippen LogP contribution >= 0.6 is 0 Å². The maximum Gasteiger partial charge on any atom is 0.251 e. The van der Waals surface area contributed by atoms with Gasteiger partial charge in [0.1, 0.15) is 17.4 Å². The van der Waals surface area contributed by atoms with Crippen LogP contribution in [0.3, 0.4) is 0 Å². The summed E-state index contributed by atoms with van der Waals surface area (Å²) >= 11 is 0. The lowest BCUT2D eigenvalue weighted by molar-refractivity contribution is -0.130. The second kappa shape index (κ2) is 5.58. The van der Waals surface area contributed by atoms with Crippen LogP contribution in [0.25, 0.3) is 0 Å². The van der Waals surface area contributed by atoms with E-state index in [4.69, 9.17) is 15.2 Å².